The van der Waals surface area contributed by atoms with Crippen LogP contribution in [0.15, 0.2) is 12.3 Å². The molecule has 1 aromatic rings. The minimum absolute atomic E-state index is 0.725. The first-order valence-corrected chi connectivity index (χ1v) is 5.61. The molecule has 1 aromatic heterocycles. The molecule has 1 aliphatic rings. The number of aromatic amines is 1. The molecule has 78 valence electrons. The highest BCUT2D eigenvalue weighted by molar-refractivity contribution is 4.97. The molecule has 0 saturated heterocycles. The van der Waals surface area contributed by atoms with Crippen LogP contribution in [0.1, 0.15) is 38.3 Å². The Labute approximate surface area is 85.3 Å². The van der Waals surface area contributed by atoms with Gasteiger partial charge in [0.25, 0.3) is 0 Å². The zero-order chi connectivity index (χ0) is 9.80. The molecule has 0 amide bonds. The van der Waals surface area contributed by atoms with Crippen LogP contribution in [0.2, 0.25) is 0 Å². The normalized spacial score (nSPS) is 26.9. The molecule has 1 fully saturated rings. The number of rotatable bonds is 4. The van der Waals surface area contributed by atoms with Crippen molar-refractivity contribution >= 4 is 0 Å². The van der Waals surface area contributed by atoms with E-state index in [0.717, 1.165) is 18.5 Å². The Morgan fingerprint density at radius 1 is 1.57 bits per heavy atom. The molecular weight excluding hydrogens is 174 g/mol. The predicted octanol–water partition coefficient (Wildman–Crippen LogP) is 2.08. The average Bonchev–Trinajstić information content (AvgIpc) is 2.85. The minimum Gasteiger partial charge on any atom is -0.308 e. The van der Waals surface area contributed by atoms with E-state index in [4.69, 9.17) is 0 Å². The van der Waals surface area contributed by atoms with Gasteiger partial charge in [0.15, 0.2) is 0 Å². The molecule has 2 atom stereocenters. The Bertz CT molecular complexity index is 256. The molecule has 1 aliphatic carbocycles. The Morgan fingerprint density at radius 3 is 3.21 bits per heavy atom. The fraction of sp³-hybridized carbons (Fsp3) is 0.727. The zero-order valence-corrected chi connectivity index (χ0v) is 8.79. The van der Waals surface area contributed by atoms with Gasteiger partial charge in [-0.05, 0) is 24.8 Å². The van der Waals surface area contributed by atoms with Crippen LogP contribution >= 0.6 is 0 Å². The largest absolute Gasteiger partial charge is 0.308 e. The highest BCUT2D eigenvalue weighted by Gasteiger charge is 2.24. The summed E-state index contributed by atoms with van der Waals surface area (Å²) in [5.41, 5.74) is 1.19. The molecule has 0 radical (unpaired) electrons. The summed E-state index contributed by atoms with van der Waals surface area (Å²) in [7, 11) is 0. The van der Waals surface area contributed by atoms with E-state index in [1.54, 1.807) is 0 Å². The lowest BCUT2D eigenvalue weighted by Crippen LogP contribution is -2.31. The highest BCUT2D eigenvalue weighted by Crippen LogP contribution is 2.28. The minimum atomic E-state index is 0.725. The Hall–Kier alpha value is -0.830. The second kappa shape index (κ2) is 4.60. The van der Waals surface area contributed by atoms with Crippen molar-refractivity contribution in [2.75, 3.05) is 0 Å². The summed E-state index contributed by atoms with van der Waals surface area (Å²) in [5.74, 6) is 0.887. The summed E-state index contributed by atoms with van der Waals surface area (Å²) in [5, 5.41) is 10.5. The first kappa shape index (κ1) is 9.71. The van der Waals surface area contributed by atoms with Crippen LogP contribution < -0.4 is 5.32 Å². The Kier molecular flexibility index (Phi) is 3.19. The van der Waals surface area contributed by atoms with Gasteiger partial charge in [-0.25, -0.2) is 0 Å². The van der Waals surface area contributed by atoms with Crippen molar-refractivity contribution in [2.24, 2.45) is 5.92 Å². The molecular formula is C11H19N3. The van der Waals surface area contributed by atoms with Gasteiger partial charge in [-0.2, -0.15) is 5.10 Å². The number of nitrogens with zero attached hydrogens (tertiary/aromatic N) is 1. The van der Waals surface area contributed by atoms with Gasteiger partial charge >= 0.3 is 0 Å². The lowest BCUT2D eigenvalue weighted by molar-refractivity contribution is 0.388. The fourth-order valence-electron chi connectivity index (χ4n) is 2.42. The van der Waals surface area contributed by atoms with Crippen LogP contribution in [0, 0.1) is 5.92 Å². The molecule has 0 aromatic carbocycles. The number of aromatic nitrogens is 2. The molecule has 2 N–H and O–H groups in total. The average molecular weight is 193 g/mol. The highest BCUT2D eigenvalue weighted by atomic mass is 15.1. The fourth-order valence-corrected chi connectivity index (χ4v) is 2.42. The van der Waals surface area contributed by atoms with E-state index in [9.17, 15) is 0 Å². The van der Waals surface area contributed by atoms with E-state index in [2.05, 4.69) is 22.4 Å². The van der Waals surface area contributed by atoms with Crippen molar-refractivity contribution in [3.05, 3.63) is 18.0 Å². The standard InChI is InChI=1S/C11H19N3/c1-2-9-4-3-5-11(9)12-8-10-6-7-13-14-10/h6-7,9,11-12H,2-5,8H2,1H3,(H,13,14). The summed E-state index contributed by atoms with van der Waals surface area (Å²) < 4.78 is 0. The molecule has 1 saturated carbocycles. The van der Waals surface area contributed by atoms with Crippen LogP contribution in [-0.4, -0.2) is 16.2 Å². The Balaban J connectivity index is 1.80. The van der Waals surface area contributed by atoms with Crippen LogP contribution in [0.25, 0.3) is 0 Å². The second-order valence-electron chi connectivity index (χ2n) is 4.17. The maximum absolute atomic E-state index is 3.94. The second-order valence-corrected chi connectivity index (χ2v) is 4.17. The van der Waals surface area contributed by atoms with Gasteiger partial charge in [0.2, 0.25) is 0 Å². The van der Waals surface area contributed by atoms with Crippen molar-refractivity contribution in [3.63, 3.8) is 0 Å². The van der Waals surface area contributed by atoms with Crippen molar-refractivity contribution in [3.8, 4) is 0 Å². The van der Waals surface area contributed by atoms with Crippen molar-refractivity contribution in [1.82, 2.24) is 15.5 Å². The van der Waals surface area contributed by atoms with E-state index in [1.807, 2.05) is 12.3 Å². The summed E-state index contributed by atoms with van der Waals surface area (Å²) in [6.45, 7) is 3.22. The van der Waals surface area contributed by atoms with Gasteiger partial charge < -0.3 is 5.32 Å². The van der Waals surface area contributed by atoms with E-state index in [0.29, 0.717) is 0 Å². The number of hydrogen-bond acceptors (Lipinski definition) is 2. The third kappa shape index (κ3) is 2.15. The monoisotopic (exact) mass is 193 g/mol. The molecule has 3 heteroatoms. The quantitative estimate of drug-likeness (QED) is 0.768. The van der Waals surface area contributed by atoms with E-state index < -0.39 is 0 Å². The Morgan fingerprint density at radius 2 is 2.50 bits per heavy atom. The smallest absolute Gasteiger partial charge is 0.0490 e. The summed E-state index contributed by atoms with van der Waals surface area (Å²) in [4.78, 5) is 0. The first-order chi connectivity index (χ1) is 6.90. The van der Waals surface area contributed by atoms with Gasteiger partial charge in [0.1, 0.15) is 0 Å². The van der Waals surface area contributed by atoms with E-state index >= 15 is 0 Å². The van der Waals surface area contributed by atoms with Gasteiger partial charge in [-0.1, -0.05) is 19.8 Å². The van der Waals surface area contributed by atoms with Gasteiger partial charge in [-0.15, -0.1) is 0 Å². The van der Waals surface area contributed by atoms with E-state index in [1.165, 1.54) is 31.4 Å². The molecule has 0 spiro atoms. The lowest BCUT2D eigenvalue weighted by Gasteiger charge is -2.18. The van der Waals surface area contributed by atoms with Crippen molar-refractivity contribution in [2.45, 2.75) is 45.2 Å². The van der Waals surface area contributed by atoms with Crippen LogP contribution in [0.5, 0.6) is 0 Å². The molecule has 2 rings (SSSR count). The SMILES string of the molecule is CCC1CCCC1NCc1ccn[nH]1. The topological polar surface area (TPSA) is 40.7 Å². The predicted molar refractivity (Wildman–Crippen MR) is 56.8 cm³/mol. The van der Waals surface area contributed by atoms with Crippen molar-refractivity contribution in [1.29, 1.82) is 0 Å². The lowest BCUT2D eigenvalue weighted by atomic mass is 10.0. The van der Waals surface area contributed by atoms with Gasteiger partial charge in [0.05, 0.1) is 0 Å². The summed E-state index contributed by atoms with van der Waals surface area (Å²) in [6.07, 6.45) is 7.24. The van der Waals surface area contributed by atoms with Gasteiger partial charge in [0, 0.05) is 24.5 Å². The number of nitrogens with one attached hydrogen (secondary N) is 2. The maximum atomic E-state index is 3.94. The van der Waals surface area contributed by atoms with Crippen molar-refractivity contribution < 1.29 is 0 Å². The zero-order valence-electron chi connectivity index (χ0n) is 8.79. The molecule has 3 nitrogen and oxygen atoms in total. The molecule has 0 bridgehead atoms. The first-order valence-electron chi connectivity index (χ1n) is 5.61. The molecule has 14 heavy (non-hydrogen) atoms. The van der Waals surface area contributed by atoms with E-state index in [-0.39, 0.29) is 0 Å². The van der Waals surface area contributed by atoms with Crippen LogP contribution in [0.3, 0.4) is 0 Å². The number of H-pyrrole nitrogens is 1. The molecule has 1 heterocycles. The third-order valence-corrected chi connectivity index (χ3v) is 3.30. The van der Waals surface area contributed by atoms with Crippen LogP contribution in [-0.2, 0) is 6.54 Å². The molecule has 0 aliphatic heterocycles. The maximum Gasteiger partial charge on any atom is 0.0490 e. The summed E-state index contributed by atoms with van der Waals surface area (Å²) >= 11 is 0. The van der Waals surface area contributed by atoms with Gasteiger partial charge in [-0.3, -0.25) is 5.10 Å². The number of hydrogen-bond donors (Lipinski definition) is 2. The van der Waals surface area contributed by atoms with Crippen LogP contribution in [0.4, 0.5) is 0 Å². The molecule has 2 unspecified atom stereocenters. The summed E-state index contributed by atoms with van der Waals surface area (Å²) in [6, 6.07) is 2.76. The third-order valence-electron chi connectivity index (χ3n) is 3.30.